The Labute approximate surface area is 116 Å². The van der Waals surface area contributed by atoms with Crippen LogP contribution in [0.3, 0.4) is 0 Å². The van der Waals surface area contributed by atoms with E-state index in [9.17, 15) is 0 Å². The molecule has 2 unspecified atom stereocenters. The monoisotopic (exact) mass is 320 g/mol. The SMILES string of the molecule is CCNC(CSC(C)CC)c1c(Br)nnn1C. The second-order valence-electron chi connectivity index (χ2n) is 4.05. The molecule has 17 heavy (non-hydrogen) atoms. The van der Waals surface area contributed by atoms with Crippen molar-refractivity contribution in [2.45, 2.75) is 38.5 Å². The third kappa shape index (κ3) is 4.26. The van der Waals surface area contributed by atoms with E-state index in [1.54, 1.807) is 0 Å². The smallest absolute Gasteiger partial charge is 0.153 e. The molecular weight excluding hydrogens is 300 g/mol. The number of hydrogen-bond acceptors (Lipinski definition) is 4. The van der Waals surface area contributed by atoms with E-state index in [0.717, 1.165) is 22.6 Å². The third-order valence-corrected chi connectivity index (χ3v) is 4.72. The molecule has 0 fully saturated rings. The van der Waals surface area contributed by atoms with Gasteiger partial charge in [0.25, 0.3) is 0 Å². The predicted molar refractivity (Wildman–Crippen MR) is 77.3 cm³/mol. The van der Waals surface area contributed by atoms with E-state index in [0.29, 0.717) is 11.3 Å². The molecule has 0 saturated heterocycles. The fraction of sp³-hybridized carbons (Fsp3) is 0.818. The first kappa shape index (κ1) is 15.0. The Bertz CT molecular complexity index is 323. The van der Waals surface area contributed by atoms with Gasteiger partial charge in [-0.05, 0) is 28.9 Å². The van der Waals surface area contributed by atoms with Crippen molar-refractivity contribution in [2.75, 3.05) is 12.3 Å². The molecule has 0 amide bonds. The normalized spacial score (nSPS) is 14.9. The summed E-state index contributed by atoms with van der Waals surface area (Å²) < 4.78 is 2.69. The van der Waals surface area contributed by atoms with Gasteiger partial charge in [0.2, 0.25) is 0 Å². The molecule has 0 aromatic carbocycles. The van der Waals surface area contributed by atoms with Gasteiger partial charge in [0.1, 0.15) is 0 Å². The molecule has 0 radical (unpaired) electrons. The summed E-state index contributed by atoms with van der Waals surface area (Å²) in [6, 6.07) is 0.299. The fourth-order valence-corrected chi connectivity index (χ4v) is 3.20. The Balaban J connectivity index is 2.72. The molecule has 0 saturated carbocycles. The summed E-state index contributed by atoms with van der Waals surface area (Å²) in [5, 5.41) is 12.3. The largest absolute Gasteiger partial charge is 0.308 e. The summed E-state index contributed by atoms with van der Waals surface area (Å²) in [6.07, 6.45) is 1.20. The van der Waals surface area contributed by atoms with Crippen LogP contribution in [0.5, 0.6) is 0 Å². The molecule has 2 atom stereocenters. The zero-order chi connectivity index (χ0) is 12.8. The zero-order valence-corrected chi connectivity index (χ0v) is 13.3. The van der Waals surface area contributed by atoms with Crippen LogP contribution in [0, 0.1) is 0 Å². The average Bonchev–Trinajstić information content (AvgIpc) is 2.64. The maximum absolute atomic E-state index is 4.05. The van der Waals surface area contributed by atoms with Gasteiger partial charge < -0.3 is 5.32 Å². The molecule has 1 aromatic rings. The zero-order valence-electron chi connectivity index (χ0n) is 10.9. The predicted octanol–water partition coefficient (Wildman–Crippen LogP) is 2.76. The van der Waals surface area contributed by atoms with Gasteiger partial charge in [-0.3, -0.25) is 0 Å². The Morgan fingerprint density at radius 3 is 2.65 bits per heavy atom. The number of nitrogens with zero attached hydrogens (tertiary/aromatic N) is 3. The van der Waals surface area contributed by atoms with Gasteiger partial charge in [0, 0.05) is 18.1 Å². The lowest BCUT2D eigenvalue weighted by molar-refractivity contribution is 0.547. The summed E-state index contributed by atoms with van der Waals surface area (Å²) in [6.45, 7) is 7.56. The van der Waals surface area contributed by atoms with E-state index in [1.807, 2.05) is 23.5 Å². The third-order valence-electron chi connectivity index (χ3n) is 2.73. The first-order chi connectivity index (χ1) is 8.10. The van der Waals surface area contributed by atoms with E-state index in [-0.39, 0.29) is 0 Å². The summed E-state index contributed by atoms with van der Waals surface area (Å²) >= 11 is 5.46. The van der Waals surface area contributed by atoms with E-state index < -0.39 is 0 Å². The molecule has 0 spiro atoms. The van der Waals surface area contributed by atoms with Crippen LogP contribution in [0.2, 0.25) is 0 Å². The second-order valence-corrected chi connectivity index (χ2v) is 6.27. The van der Waals surface area contributed by atoms with Gasteiger partial charge in [-0.15, -0.1) is 5.10 Å². The van der Waals surface area contributed by atoms with Crippen LogP contribution in [0.25, 0.3) is 0 Å². The lowest BCUT2D eigenvalue weighted by Crippen LogP contribution is -2.26. The highest BCUT2D eigenvalue weighted by atomic mass is 79.9. The molecule has 1 N–H and O–H groups in total. The van der Waals surface area contributed by atoms with Crippen molar-refractivity contribution in [2.24, 2.45) is 7.05 Å². The number of halogens is 1. The highest BCUT2D eigenvalue weighted by Crippen LogP contribution is 2.26. The van der Waals surface area contributed by atoms with Crippen LogP contribution in [-0.4, -0.2) is 32.5 Å². The van der Waals surface area contributed by atoms with Gasteiger partial charge in [-0.1, -0.05) is 26.0 Å². The molecule has 0 aliphatic heterocycles. The average molecular weight is 321 g/mol. The summed E-state index contributed by atoms with van der Waals surface area (Å²) in [7, 11) is 1.94. The van der Waals surface area contributed by atoms with Gasteiger partial charge >= 0.3 is 0 Å². The first-order valence-electron chi connectivity index (χ1n) is 6.00. The van der Waals surface area contributed by atoms with Crippen LogP contribution >= 0.6 is 27.7 Å². The van der Waals surface area contributed by atoms with Gasteiger partial charge in [0.15, 0.2) is 4.60 Å². The lowest BCUT2D eigenvalue weighted by atomic mass is 10.2. The minimum Gasteiger partial charge on any atom is -0.308 e. The van der Waals surface area contributed by atoms with Crippen LogP contribution in [-0.2, 0) is 7.05 Å². The first-order valence-corrected chi connectivity index (χ1v) is 7.84. The van der Waals surface area contributed by atoms with Crippen molar-refractivity contribution in [1.29, 1.82) is 0 Å². The number of hydrogen-bond donors (Lipinski definition) is 1. The van der Waals surface area contributed by atoms with Crippen LogP contribution in [0.4, 0.5) is 0 Å². The summed E-state index contributed by atoms with van der Waals surface area (Å²) in [5.74, 6) is 1.04. The van der Waals surface area contributed by atoms with Crippen LogP contribution in [0.1, 0.15) is 38.9 Å². The van der Waals surface area contributed by atoms with E-state index in [2.05, 4.69) is 52.3 Å². The number of nitrogens with one attached hydrogen (secondary N) is 1. The molecule has 98 valence electrons. The maximum atomic E-state index is 4.05. The maximum Gasteiger partial charge on any atom is 0.153 e. The number of aryl methyl sites for hydroxylation is 1. The van der Waals surface area contributed by atoms with Crippen molar-refractivity contribution in [3.8, 4) is 0 Å². The summed E-state index contributed by atoms with van der Waals surface area (Å²) in [5.41, 5.74) is 1.13. The van der Waals surface area contributed by atoms with Gasteiger partial charge in [-0.2, -0.15) is 11.8 Å². The van der Waals surface area contributed by atoms with Crippen molar-refractivity contribution < 1.29 is 0 Å². The van der Waals surface area contributed by atoms with E-state index in [4.69, 9.17) is 0 Å². The molecule has 1 heterocycles. The number of thioether (sulfide) groups is 1. The van der Waals surface area contributed by atoms with Crippen molar-refractivity contribution >= 4 is 27.7 Å². The van der Waals surface area contributed by atoms with E-state index in [1.165, 1.54) is 6.42 Å². The highest BCUT2D eigenvalue weighted by Gasteiger charge is 2.19. The van der Waals surface area contributed by atoms with Gasteiger partial charge in [-0.25, -0.2) is 4.68 Å². The fourth-order valence-electron chi connectivity index (χ4n) is 1.57. The summed E-state index contributed by atoms with van der Waals surface area (Å²) in [4.78, 5) is 0. The number of aromatic nitrogens is 3. The van der Waals surface area contributed by atoms with Crippen LogP contribution < -0.4 is 5.32 Å². The Hall–Kier alpha value is -0.0700. The van der Waals surface area contributed by atoms with Crippen molar-refractivity contribution in [3.63, 3.8) is 0 Å². The second kappa shape index (κ2) is 7.38. The van der Waals surface area contributed by atoms with E-state index >= 15 is 0 Å². The van der Waals surface area contributed by atoms with Gasteiger partial charge in [0.05, 0.1) is 11.7 Å². The lowest BCUT2D eigenvalue weighted by Gasteiger charge is -2.19. The Kier molecular flexibility index (Phi) is 6.51. The molecule has 6 heteroatoms. The molecular formula is C11H21BrN4S. The Morgan fingerprint density at radius 1 is 1.47 bits per heavy atom. The molecule has 4 nitrogen and oxygen atoms in total. The standard InChI is InChI=1S/C11H21BrN4S/c1-5-8(3)17-7-9(13-6-2)10-11(12)14-15-16(10)4/h8-9,13H,5-7H2,1-4H3. The molecule has 0 aliphatic rings. The highest BCUT2D eigenvalue weighted by molar-refractivity contribution is 9.10. The molecule has 0 bridgehead atoms. The topological polar surface area (TPSA) is 42.7 Å². The molecule has 1 rings (SSSR count). The number of rotatable bonds is 7. The molecule has 1 aromatic heterocycles. The van der Waals surface area contributed by atoms with Crippen LogP contribution in [0.15, 0.2) is 4.60 Å². The molecule has 0 aliphatic carbocycles. The Morgan fingerprint density at radius 2 is 2.18 bits per heavy atom. The minimum atomic E-state index is 0.299. The quantitative estimate of drug-likeness (QED) is 0.839. The minimum absolute atomic E-state index is 0.299. The van der Waals surface area contributed by atoms with Crippen molar-refractivity contribution in [1.82, 2.24) is 20.3 Å². The van der Waals surface area contributed by atoms with Crippen molar-refractivity contribution in [3.05, 3.63) is 10.3 Å².